The minimum Gasteiger partial charge on any atom is -0.196 e. The molecule has 0 saturated carbocycles. The Labute approximate surface area is 99.6 Å². The summed E-state index contributed by atoms with van der Waals surface area (Å²) in [5, 5.41) is 13.2. The lowest BCUT2D eigenvalue weighted by molar-refractivity contribution is 0.718. The molecule has 0 amide bonds. The predicted molar refractivity (Wildman–Crippen MR) is 63.9 cm³/mol. The maximum Gasteiger partial charge on any atom is 0.181 e. The van der Waals surface area contributed by atoms with E-state index in [9.17, 15) is 0 Å². The molecule has 2 heterocycles. The van der Waals surface area contributed by atoms with Gasteiger partial charge in [-0.15, -0.1) is 10.2 Å². The monoisotopic (exact) mass is 238 g/mol. The molecule has 2 rings (SSSR count). The van der Waals surface area contributed by atoms with Crippen molar-refractivity contribution < 1.29 is 0 Å². The van der Waals surface area contributed by atoms with Crippen molar-refractivity contribution in [1.82, 2.24) is 19.8 Å². The van der Waals surface area contributed by atoms with Gasteiger partial charge in [0.2, 0.25) is 0 Å². The molecule has 0 aliphatic carbocycles. The number of hydrogen-bond acceptors (Lipinski definition) is 3. The molecule has 0 radical (unpaired) electrons. The summed E-state index contributed by atoms with van der Waals surface area (Å²) in [6, 6.07) is 0. The fourth-order valence-corrected chi connectivity index (χ4v) is 1.84. The molecule has 86 valence electrons. The quantitative estimate of drug-likeness (QED) is 0.826. The van der Waals surface area contributed by atoms with Crippen LogP contribution in [0, 0.1) is 13.8 Å². The van der Waals surface area contributed by atoms with Crippen molar-refractivity contribution in [2.24, 2.45) is 0 Å². The van der Waals surface area contributed by atoms with Crippen LogP contribution in [0.25, 0.3) is 5.65 Å². The predicted octanol–water partition coefficient (Wildman–Crippen LogP) is 2.74. The smallest absolute Gasteiger partial charge is 0.181 e. The minimum atomic E-state index is 0.530. The lowest BCUT2D eigenvalue weighted by atomic mass is 10.2. The van der Waals surface area contributed by atoms with Gasteiger partial charge in [-0.05, 0) is 25.8 Å². The molecule has 0 spiro atoms. The average Bonchev–Trinajstić information content (AvgIpc) is 2.66. The second-order valence-corrected chi connectivity index (χ2v) is 4.35. The number of nitrogens with zero attached hydrogens (tertiary/aromatic N) is 4. The number of halogens is 1. The maximum atomic E-state index is 6.07. The molecular formula is C11H15ClN4. The van der Waals surface area contributed by atoms with Gasteiger partial charge >= 0.3 is 0 Å². The van der Waals surface area contributed by atoms with Crippen molar-refractivity contribution >= 4 is 17.2 Å². The van der Waals surface area contributed by atoms with Crippen LogP contribution in [0.4, 0.5) is 0 Å². The summed E-state index contributed by atoms with van der Waals surface area (Å²) in [6.45, 7) is 6.10. The Bertz CT molecular complexity index is 518. The lowest BCUT2D eigenvalue weighted by Gasteiger charge is -2.04. The van der Waals surface area contributed by atoms with E-state index >= 15 is 0 Å². The summed E-state index contributed by atoms with van der Waals surface area (Å²) in [4.78, 5) is 0. The van der Waals surface area contributed by atoms with E-state index in [-0.39, 0.29) is 0 Å². The zero-order valence-corrected chi connectivity index (χ0v) is 10.5. The standard InChI is InChI=1S/C11H15ClN4/c1-4-5-6-9-13-14-11-8(3)7(2)10(12)15-16(9)11/h4-6H2,1-3H3. The summed E-state index contributed by atoms with van der Waals surface area (Å²) in [5.41, 5.74) is 2.84. The minimum absolute atomic E-state index is 0.530. The zero-order valence-electron chi connectivity index (χ0n) is 9.79. The fraction of sp³-hybridized carbons (Fsp3) is 0.545. The van der Waals surface area contributed by atoms with Gasteiger partial charge in [-0.3, -0.25) is 0 Å². The Morgan fingerprint density at radius 3 is 2.62 bits per heavy atom. The van der Waals surface area contributed by atoms with E-state index in [1.165, 1.54) is 0 Å². The average molecular weight is 239 g/mol. The van der Waals surface area contributed by atoms with Gasteiger partial charge in [0, 0.05) is 12.0 Å². The number of unbranched alkanes of at least 4 members (excludes halogenated alkanes) is 1. The Kier molecular flexibility index (Phi) is 3.10. The summed E-state index contributed by atoms with van der Waals surface area (Å²) < 4.78 is 1.76. The second kappa shape index (κ2) is 4.37. The molecule has 0 aliphatic rings. The van der Waals surface area contributed by atoms with E-state index in [0.29, 0.717) is 5.15 Å². The van der Waals surface area contributed by atoms with E-state index in [1.54, 1.807) is 4.52 Å². The summed E-state index contributed by atoms with van der Waals surface area (Å²) >= 11 is 6.07. The molecule has 5 heteroatoms. The molecule has 0 unspecified atom stereocenters. The molecule has 0 bridgehead atoms. The molecule has 0 saturated heterocycles. The van der Waals surface area contributed by atoms with Gasteiger partial charge in [0.1, 0.15) is 0 Å². The van der Waals surface area contributed by atoms with Gasteiger partial charge in [-0.2, -0.15) is 9.61 Å². The van der Waals surface area contributed by atoms with Crippen LogP contribution in [-0.4, -0.2) is 19.8 Å². The van der Waals surface area contributed by atoms with Crippen molar-refractivity contribution in [3.63, 3.8) is 0 Å². The van der Waals surface area contributed by atoms with E-state index in [2.05, 4.69) is 22.2 Å². The Hall–Kier alpha value is -1.16. The van der Waals surface area contributed by atoms with E-state index in [4.69, 9.17) is 11.6 Å². The van der Waals surface area contributed by atoms with Crippen LogP contribution in [0.15, 0.2) is 0 Å². The van der Waals surface area contributed by atoms with Crippen molar-refractivity contribution in [1.29, 1.82) is 0 Å². The van der Waals surface area contributed by atoms with Crippen LogP contribution in [0.2, 0.25) is 5.15 Å². The highest BCUT2D eigenvalue weighted by molar-refractivity contribution is 6.30. The molecule has 2 aromatic heterocycles. The van der Waals surface area contributed by atoms with Gasteiger partial charge in [0.05, 0.1) is 0 Å². The van der Waals surface area contributed by atoms with Gasteiger partial charge in [0.25, 0.3) is 0 Å². The first-order valence-corrected chi connectivity index (χ1v) is 5.90. The molecule has 0 N–H and O–H groups in total. The number of hydrogen-bond donors (Lipinski definition) is 0. The molecule has 0 aromatic carbocycles. The molecule has 0 fully saturated rings. The van der Waals surface area contributed by atoms with Crippen LogP contribution in [0.5, 0.6) is 0 Å². The number of aryl methyl sites for hydroxylation is 2. The highest BCUT2D eigenvalue weighted by atomic mass is 35.5. The first-order chi connectivity index (χ1) is 7.65. The van der Waals surface area contributed by atoms with Crippen molar-refractivity contribution in [2.75, 3.05) is 0 Å². The van der Waals surface area contributed by atoms with Crippen LogP contribution in [0.3, 0.4) is 0 Å². The molecule has 2 aromatic rings. The zero-order chi connectivity index (χ0) is 11.7. The number of rotatable bonds is 3. The first kappa shape index (κ1) is 11.3. The molecular weight excluding hydrogens is 224 g/mol. The van der Waals surface area contributed by atoms with E-state index in [1.807, 2.05) is 13.8 Å². The van der Waals surface area contributed by atoms with Crippen LogP contribution < -0.4 is 0 Å². The van der Waals surface area contributed by atoms with Gasteiger partial charge in [-0.25, -0.2) is 0 Å². The third kappa shape index (κ3) is 1.78. The normalized spacial score (nSPS) is 11.2. The highest BCUT2D eigenvalue weighted by Crippen LogP contribution is 2.19. The van der Waals surface area contributed by atoms with E-state index in [0.717, 1.165) is 41.9 Å². The maximum absolute atomic E-state index is 6.07. The van der Waals surface area contributed by atoms with Crippen LogP contribution in [-0.2, 0) is 6.42 Å². The third-order valence-corrected chi connectivity index (χ3v) is 3.21. The largest absolute Gasteiger partial charge is 0.196 e. The third-order valence-electron chi connectivity index (χ3n) is 2.85. The Morgan fingerprint density at radius 1 is 1.19 bits per heavy atom. The van der Waals surface area contributed by atoms with Crippen LogP contribution >= 0.6 is 11.6 Å². The van der Waals surface area contributed by atoms with Gasteiger partial charge < -0.3 is 0 Å². The molecule has 0 atom stereocenters. The van der Waals surface area contributed by atoms with Crippen molar-refractivity contribution in [3.8, 4) is 0 Å². The SMILES string of the molecule is CCCCc1nnc2c(C)c(C)c(Cl)nn12. The van der Waals surface area contributed by atoms with Crippen molar-refractivity contribution in [3.05, 3.63) is 22.1 Å². The summed E-state index contributed by atoms with van der Waals surface area (Å²) in [5.74, 6) is 0.891. The Morgan fingerprint density at radius 2 is 1.94 bits per heavy atom. The topological polar surface area (TPSA) is 43.1 Å². The van der Waals surface area contributed by atoms with Gasteiger partial charge in [-0.1, -0.05) is 24.9 Å². The Balaban J connectivity index is 2.55. The fourth-order valence-electron chi connectivity index (χ4n) is 1.63. The number of aromatic nitrogens is 4. The summed E-state index contributed by atoms with van der Waals surface area (Å²) in [6.07, 6.45) is 3.12. The molecule has 0 aliphatic heterocycles. The van der Waals surface area contributed by atoms with Gasteiger partial charge in [0.15, 0.2) is 16.6 Å². The van der Waals surface area contributed by atoms with Crippen LogP contribution in [0.1, 0.15) is 36.7 Å². The van der Waals surface area contributed by atoms with Crippen molar-refractivity contribution in [2.45, 2.75) is 40.0 Å². The molecule has 4 nitrogen and oxygen atoms in total. The highest BCUT2D eigenvalue weighted by Gasteiger charge is 2.12. The molecule has 16 heavy (non-hydrogen) atoms. The first-order valence-electron chi connectivity index (χ1n) is 5.52. The van der Waals surface area contributed by atoms with E-state index < -0.39 is 0 Å². The second-order valence-electron chi connectivity index (χ2n) is 4.00. The summed E-state index contributed by atoms with van der Waals surface area (Å²) in [7, 11) is 0. The number of fused-ring (bicyclic) bond motifs is 1. The lowest BCUT2D eigenvalue weighted by Crippen LogP contribution is -2.02.